The van der Waals surface area contributed by atoms with E-state index in [1.165, 1.54) is 49.0 Å². The van der Waals surface area contributed by atoms with Crippen molar-refractivity contribution in [1.82, 2.24) is 4.90 Å². The predicted octanol–water partition coefficient (Wildman–Crippen LogP) is 2.86. The number of hydrogen-bond acceptors (Lipinski definition) is 2. The highest BCUT2D eigenvalue weighted by Crippen LogP contribution is 2.23. The van der Waals surface area contributed by atoms with Crippen LogP contribution in [-0.2, 0) is 6.54 Å². The van der Waals surface area contributed by atoms with Gasteiger partial charge in [-0.3, -0.25) is 4.90 Å². The molecule has 100 valence electrons. The fourth-order valence-electron chi connectivity index (χ4n) is 3.09. The minimum Gasteiger partial charge on any atom is -0.330 e. The summed E-state index contributed by atoms with van der Waals surface area (Å²) in [6, 6.07) is 6.61. The van der Waals surface area contributed by atoms with E-state index in [0.29, 0.717) is 0 Å². The van der Waals surface area contributed by atoms with Crippen LogP contribution in [0.2, 0.25) is 0 Å². The first-order valence-corrected chi connectivity index (χ1v) is 7.18. The second kappa shape index (κ2) is 6.35. The van der Waals surface area contributed by atoms with Gasteiger partial charge in [-0.2, -0.15) is 0 Å². The van der Waals surface area contributed by atoms with E-state index in [1.807, 2.05) is 0 Å². The summed E-state index contributed by atoms with van der Waals surface area (Å²) >= 11 is 0. The molecule has 1 aliphatic rings. The van der Waals surface area contributed by atoms with Gasteiger partial charge in [0, 0.05) is 13.1 Å². The quantitative estimate of drug-likeness (QED) is 0.885. The number of rotatable bonds is 4. The van der Waals surface area contributed by atoms with Gasteiger partial charge in [0.15, 0.2) is 0 Å². The average Bonchev–Trinajstić information content (AvgIpc) is 2.35. The van der Waals surface area contributed by atoms with E-state index in [-0.39, 0.29) is 0 Å². The highest BCUT2D eigenvalue weighted by Gasteiger charge is 2.20. The fraction of sp³-hybridized carbons (Fsp3) is 0.625. The molecule has 1 aliphatic heterocycles. The van der Waals surface area contributed by atoms with E-state index in [9.17, 15) is 0 Å². The summed E-state index contributed by atoms with van der Waals surface area (Å²) in [6.45, 7) is 8.87. The van der Waals surface area contributed by atoms with E-state index in [1.54, 1.807) is 0 Å². The molecule has 0 saturated carbocycles. The number of aryl methyl sites for hydroxylation is 2. The number of likely N-dealkylation sites (tertiary alicyclic amines) is 1. The molecule has 1 fully saturated rings. The molecule has 2 N–H and O–H groups in total. The Balaban J connectivity index is 2.00. The Bertz CT molecular complexity index is 364. The van der Waals surface area contributed by atoms with Crippen molar-refractivity contribution < 1.29 is 0 Å². The fourth-order valence-corrected chi connectivity index (χ4v) is 3.09. The molecule has 0 spiro atoms. The second-order valence-electron chi connectivity index (χ2n) is 5.69. The van der Waals surface area contributed by atoms with Crippen LogP contribution in [0.15, 0.2) is 18.2 Å². The third-order valence-corrected chi connectivity index (χ3v) is 4.20. The highest BCUT2D eigenvalue weighted by atomic mass is 15.1. The molecular formula is C16H26N2. The number of benzene rings is 1. The van der Waals surface area contributed by atoms with Gasteiger partial charge in [0.25, 0.3) is 0 Å². The highest BCUT2D eigenvalue weighted by molar-refractivity contribution is 5.33. The molecule has 1 unspecified atom stereocenters. The molecule has 18 heavy (non-hydrogen) atoms. The lowest BCUT2D eigenvalue weighted by atomic mass is 9.93. The van der Waals surface area contributed by atoms with Gasteiger partial charge in [-0.25, -0.2) is 0 Å². The molecule has 2 rings (SSSR count). The molecule has 0 radical (unpaired) electrons. The van der Waals surface area contributed by atoms with E-state index in [4.69, 9.17) is 5.73 Å². The second-order valence-corrected chi connectivity index (χ2v) is 5.69. The van der Waals surface area contributed by atoms with E-state index >= 15 is 0 Å². The minimum atomic E-state index is 0.813. The molecule has 2 nitrogen and oxygen atoms in total. The van der Waals surface area contributed by atoms with Crippen LogP contribution in [0.3, 0.4) is 0 Å². The van der Waals surface area contributed by atoms with Crippen molar-refractivity contribution in [3.63, 3.8) is 0 Å². The maximum atomic E-state index is 5.69. The van der Waals surface area contributed by atoms with E-state index in [2.05, 4.69) is 36.9 Å². The first kappa shape index (κ1) is 13.6. The summed E-state index contributed by atoms with van der Waals surface area (Å²) in [5, 5.41) is 0. The zero-order chi connectivity index (χ0) is 13.0. The Morgan fingerprint density at radius 1 is 1.28 bits per heavy atom. The zero-order valence-corrected chi connectivity index (χ0v) is 11.8. The van der Waals surface area contributed by atoms with Crippen molar-refractivity contribution in [3.8, 4) is 0 Å². The molecule has 0 amide bonds. The topological polar surface area (TPSA) is 29.3 Å². The Morgan fingerprint density at radius 3 is 2.67 bits per heavy atom. The Kier molecular flexibility index (Phi) is 4.79. The monoisotopic (exact) mass is 246 g/mol. The molecule has 1 saturated heterocycles. The van der Waals surface area contributed by atoms with E-state index < -0.39 is 0 Å². The standard InChI is InChI=1S/C16H26N2/c1-13-5-3-6-14(2)16(13)12-18-10-4-7-15(11-18)8-9-17/h3,5-6,15H,4,7-12,17H2,1-2H3. The molecule has 0 bridgehead atoms. The van der Waals surface area contributed by atoms with Crippen LogP contribution in [0.4, 0.5) is 0 Å². The smallest absolute Gasteiger partial charge is 0.0239 e. The summed E-state index contributed by atoms with van der Waals surface area (Å²) in [5.74, 6) is 0.813. The minimum absolute atomic E-state index is 0.813. The summed E-state index contributed by atoms with van der Waals surface area (Å²) in [4.78, 5) is 2.61. The first-order chi connectivity index (χ1) is 8.70. The molecular weight excluding hydrogens is 220 g/mol. The van der Waals surface area contributed by atoms with Gasteiger partial charge in [-0.15, -0.1) is 0 Å². The number of nitrogens with zero attached hydrogens (tertiary/aromatic N) is 1. The summed E-state index contributed by atoms with van der Waals surface area (Å²) in [6.07, 6.45) is 3.87. The van der Waals surface area contributed by atoms with Crippen LogP contribution in [-0.4, -0.2) is 24.5 Å². The number of nitrogens with two attached hydrogens (primary N) is 1. The van der Waals surface area contributed by atoms with E-state index in [0.717, 1.165) is 19.0 Å². The van der Waals surface area contributed by atoms with Crippen molar-refractivity contribution in [1.29, 1.82) is 0 Å². The SMILES string of the molecule is Cc1cccc(C)c1CN1CCCC(CCN)C1. The van der Waals surface area contributed by atoms with Crippen LogP contribution in [0.1, 0.15) is 36.0 Å². The largest absolute Gasteiger partial charge is 0.330 e. The van der Waals surface area contributed by atoms with Crippen molar-refractivity contribution in [2.45, 2.75) is 39.7 Å². The molecule has 1 atom stereocenters. The number of piperidine rings is 1. The summed E-state index contributed by atoms with van der Waals surface area (Å²) in [5.41, 5.74) is 10.1. The Hall–Kier alpha value is -0.860. The maximum absolute atomic E-state index is 5.69. The van der Waals surface area contributed by atoms with Crippen molar-refractivity contribution in [2.75, 3.05) is 19.6 Å². The van der Waals surface area contributed by atoms with Gasteiger partial charge in [-0.05, 0) is 68.8 Å². The average molecular weight is 246 g/mol. The number of hydrogen-bond donors (Lipinski definition) is 1. The van der Waals surface area contributed by atoms with Crippen LogP contribution >= 0.6 is 0 Å². The lowest BCUT2D eigenvalue weighted by Crippen LogP contribution is -2.36. The van der Waals surface area contributed by atoms with Crippen LogP contribution in [0.25, 0.3) is 0 Å². The van der Waals surface area contributed by atoms with Crippen molar-refractivity contribution in [3.05, 3.63) is 34.9 Å². The zero-order valence-electron chi connectivity index (χ0n) is 11.8. The molecule has 1 aromatic carbocycles. The molecule has 0 aliphatic carbocycles. The van der Waals surface area contributed by atoms with Gasteiger partial charge in [-0.1, -0.05) is 18.2 Å². The van der Waals surface area contributed by atoms with Crippen molar-refractivity contribution in [2.24, 2.45) is 11.7 Å². The summed E-state index contributed by atoms with van der Waals surface area (Å²) < 4.78 is 0. The van der Waals surface area contributed by atoms with Crippen LogP contribution in [0, 0.1) is 19.8 Å². The van der Waals surface area contributed by atoms with Gasteiger partial charge >= 0.3 is 0 Å². The third-order valence-electron chi connectivity index (χ3n) is 4.20. The van der Waals surface area contributed by atoms with Crippen molar-refractivity contribution >= 4 is 0 Å². The van der Waals surface area contributed by atoms with Crippen LogP contribution in [0.5, 0.6) is 0 Å². The first-order valence-electron chi connectivity index (χ1n) is 7.18. The summed E-state index contributed by atoms with van der Waals surface area (Å²) in [7, 11) is 0. The molecule has 2 heteroatoms. The van der Waals surface area contributed by atoms with Gasteiger partial charge in [0.1, 0.15) is 0 Å². The maximum Gasteiger partial charge on any atom is 0.0239 e. The van der Waals surface area contributed by atoms with Gasteiger partial charge < -0.3 is 5.73 Å². The molecule has 0 aromatic heterocycles. The lowest BCUT2D eigenvalue weighted by Gasteiger charge is -2.33. The lowest BCUT2D eigenvalue weighted by molar-refractivity contribution is 0.162. The van der Waals surface area contributed by atoms with Gasteiger partial charge in [0.2, 0.25) is 0 Å². The molecule has 1 heterocycles. The van der Waals surface area contributed by atoms with Crippen LogP contribution < -0.4 is 5.73 Å². The molecule has 1 aromatic rings. The Morgan fingerprint density at radius 2 is 2.00 bits per heavy atom. The van der Waals surface area contributed by atoms with Gasteiger partial charge in [0.05, 0.1) is 0 Å². The Labute approximate surface area is 111 Å². The normalized spacial score (nSPS) is 21.2. The third kappa shape index (κ3) is 3.33. The predicted molar refractivity (Wildman–Crippen MR) is 77.6 cm³/mol.